The highest BCUT2D eigenvalue weighted by molar-refractivity contribution is 5.42. The Bertz CT molecular complexity index is 669. The van der Waals surface area contributed by atoms with Crippen molar-refractivity contribution >= 4 is 5.69 Å². The van der Waals surface area contributed by atoms with Crippen LogP contribution in [0.4, 0.5) is 5.69 Å². The van der Waals surface area contributed by atoms with Gasteiger partial charge in [-0.2, -0.15) is 0 Å². The number of aliphatic hydroxyl groups is 2. The van der Waals surface area contributed by atoms with Gasteiger partial charge >= 0.3 is 0 Å². The van der Waals surface area contributed by atoms with Gasteiger partial charge in [-0.05, 0) is 68.9 Å². The maximum absolute atomic E-state index is 10.5. The molecular formula is C27H41NO2. The van der Waals surface area contributed by atoms with E-state index in [1.807, 2.05) is 12.1 Å². The number of nitrogens with one attached hydrogen (secondary N) is 1. The molecule has 1 aromatic rings. The standard InChI is InChI=1S/C27H41NO2/c1-2-3-6-14-24(29)15-16-25-26-19-21(18-22(26)20-27(25)30)11-7-5-10-17-28-23-12-8-4-9-13-23/h4,8-9,11-13,15-16,22,24-30H,2-3,5-7,10,14,17-20H2,1H3/t22-,24-,25+,26-,27+/m0/s1. The van der Waals surface area contributed by atoms with E-state index in [1.54, 1.807) is 5.57 Å². The molecule has 166 valence electrons. The third-order valence-electron chi connectivity index (χ3n) is 6.94. The Labute approximate surface area is 183 Å². The monoisotopic (exact) mass is 411 g/mol. The maximum atomic E-state index is 10.5. The SMILES string of the molecule is CCCCC[C@H](O)C=C[C@@H]1[C@H]2CC(=CCCCCNc3ccccc3)C[C@H]2C[C@H]1O. The van der Waals surface area contributed by atoms with Gasteiger partial charge in [0.15, 0.2) is 0 Å². The van der Waals surface area contributed by atoms with Gasteiger partial charge in [0.1, 0.15) is 0 Å². The molecule has 2 aliphatic carbocycles. The third-order valence-corrected chi connectivity index (χ3v) is 6.94. The zero-order valence-corrected chi connectivity index (χ0v) is 18.7. The van der Waals surface area contributed by atoms with Crippen LogP contribution in [0.2, 0.25) is 0 Å². The molecule has 3 rings (SSSR count). The number of allylic oxidation sites excluding steroid dienone is 2. The van der Waals surface area contributed by atoms with Gasteiger partial charge in [0.05, 0.1) is 12.2 Å². The van der Waals surface area contributed by atoms with Gasteiger partial charge in [-0.25, -0.2) is 0 Å². The summed E-state index contributed by atoms with van der Waals surface area (Å²) in [6.07, 6.45) is 17.0. The zero-order chi connectivity index (χ0) is 21.2. The highest BCUT2D eigenvalue weighted by Crippen LogP contribution is 2.50. The first-order valence-electron chi connectivity index (χ1n) is 12.2. The minimum absolute atomic E-state index is 0.219. The molecule has 0 aliphatic heterocycles. The number of anilines is 1. The number of rotatable bonds is 12. The molecule has 0 amide bonds. The van der Waals surface area contributed by atoms with E-state index in [4.69, 9.17) is 0 Å². The van der Waals surface area contributed by atoms with Gasteiger partial charge in [0, 0.05) is 18.2 Å². The summed E-state index contributed by atoms with van der Waals surface area (Å²) in [5, 5.41) is 24.2. The first-order chi connectivity index (χ1) is 14.7. The van der Waals surface area contributed by atoms with Crippen molar-refractivity contribution < 1.29 is 10.2 Å². The average Bonchev–Trinajstić information content (AvgIpc) is 3.26. The third kappa shape index (κ3) is 6.99. The summed E-state index contributed by atoms with van der Waals surface area (Å²) in [7, 11) is 0. The summed E-state index contributed by atoms with van der Waals surface area (Å²) >= 11 is 0. The Hall–Kier alpha value is -1.58. The molecule has 5 atom stereocenters. The van der Waals surface area contributed by atoms with Crippen LogP contribution in [0.5, 0.6) is 0 Å². The normalized spacial score (nSPS) is 28.3. The lowest BCUT2D eigenvalue weighted by molar-refractivity contribution is 0.139. The molecule has 2 saturated carbocycles. The molecule has 3 heteroatoms. The van der Waals surface area contributed by atoms with Crippen molar-refractivity contribution in [2.75, 3.05) is 11.9 Å². The number of aliphatic hydroxyl groups excluding tert-OH is 2. The van der Waals surface area contributed by atoms with Crippen LogP contribution in [0.3, 0.4) is 0 Å². The molecule has 0 radical (unpaired) electrons. The van der Waals surface area contributed by atoms with Crippen LogP contribution in [-0.2, 0) is 0 Å². The van der Waals surface area contributed by atoms with Crippen molar-refractivity contribution in [1.29, 1.82) is 0 Å². The van der Waals surface area contributed by atoms with E-state index in [1.165, 1.54) is 31.4 Å². The molecule has 0 saturated heterocycles. The van der Waals surface area contributed by atoms with E-state index in [0.29, 0.717) is 11.8 Å². The minimum atomic E-state index is -0.358. The fraction of sp³-hybridized carbons (Fsp3) is 0.630. The van der Waals surface area contributed by atoms with Gasteiger partial charge in [0.2, 0.25) is 0 Å². The Morgan fingerprint density at radius 1 is 1.10 bits per heavy atom. The van der Waals surface area contributed by atoms with Crippen LogP contribution in [0.1, 0.15) is 71.1 Å². The molecule has 1 aromatic carbocycles. The highest BCUT2D eigenvalue weighted by atomic mass is 16.3. The summed E-state index contributed by atoms with van der Waals surface area (Å²) in [6.45, 7) is 3.21. The van der Waals surface area contributed by atoms with Crippen LogP contribution in [-0.4, -0.2) is 29.0 Å². The first-order valence-corrected chi connectivity index (χ1v) is 12.2. The van der Waals surface area contributed by atoms with Crippen molar-refractivity contribution in [3.8, 4) is 0 Å². The largest absolute Gasteiger partial charge is 0.392 e. The van der Waals surface area contributed by atoms with Crippen LogP contribution in [0, 0.1) is 17.8 Å². The summed E-state index contributed by atoms with van der Waals surface area (Å²) in [5.41, 5.74) is 2.79. The van der Waals surface area contributed by atoms with Gasteiger partial charge < -0.3 is 15.5 Å². The van der Waals surface area contributed by atoms with Crippen molar-refractivity contribution in [2.45, 2.75) is 83.3 Å². The molecule has 0 unspecified atom stereocenters. The summed E-state index contributed by atoms with van der Waals surface area (Å²) < 4.78 is 0. The number of hydrogen-bond donors (Lipinski definition) is 3. The lowest BCUT2D eigenvalue weighted by Gasteiger charge is -2.17. The Morgan fingerprint density at radius 3 is 2.73 bits per heavy atom. The number of hydrogen-bond acceptors (Lipinski definition) is 3. The summed E-state index contributed by atoms with van der Waals surface area (Å²) in [6, 6.07) is 10.4. The van der Waals surface area contributed by atoms with E-state index >= 15 is 0 Å². The predicted molar refractivity (Wildman–Crippen MR) is 126 cm³/mol. The quantitative estimate of drug-likeness (QED) is 0.288. The molecular weight excluding hydrogens is 370 g/mol. The molecule has 3 N–H and O–H groups in total. The molecule has 0 heterocycles. The molecule has 2 fully saturated rings. The van der Waals surface area contributed by atoms with Crippen LogP contribution < -0.4 is 5.32 Å². The van der Waals surface area contributed by atoms with E-state index in [2.05, 4.69) is 48.7 Å². The summed E-state index contributed by atoms with van der Waals surface area (Å²) in [4.78, 5) is 0. The second-order valence-electron chi connectivity index (χ2n) is 9.31. The van der Waals surface area contributed by atoms with Crippen LogP contribution >= 0.6 is 0 Å². The lowest BCUT2D eigenvalue weighted by Crippen LogP contribution is -2.17. The van der Waals surface area contributed by atoms with Crippen LogP contribution in [0.25, 0.3) is 0 Å². The fourth-order valence-corrected chi connectivity index (χ4v) is 5.26. The Kier molecular flexibility index (Phi) is 9.48. The molecule has 3 nitrogen and oxygen atoms in total. The molecule has 0 spiro atoms. The van der Waals surface area contributed by atoms with E-state index in [0.717, 1.165) is 45.1 Å². The molecule has 0 aromatic heterocycles. The van der Waals surface area contributed by atoms with Gasteiger partial charge in [-0.1, -0.05) is 68.2 Å². The zero-order valence-electron chi connectivity index (χ0n) is 18.7. The predicted octanol–water partition coefficient (Wildman–Crippen LogP) is 6.10. The summed E-state index contributed by atoms with van der Waals surface area (Å²) in [5.74, 6) is 1.40. The smallest absolute Gasteiger partial charge is 0.0721 e. The number of para-hydroxylation sites is 1. The first kappa shape index (κ1) is 23.1. The van der Waals surface area contributed by atoms with Gasteiger partial charge in [0.25, 0.3) is 0 Å². The second kappa shape index (κ2) is 12.3. The number of benzene rings is 1. The van der Waals surface area contributed by atoms with Gasteiger partial charge in [-0.15, -0.1) is 0 Å². The van der Waals surface area contributed by atoms with Crippen molar-refractivity contribution in [3.05, 3.63) is 54.1 Å². The minimum Gasteiger partial charge on any atom is -0.392 e. The number of fused-ring (bicyclic) bond motifs is 1. The van der Waals surface area contributed by atoms with Crippen molar-refractivity contribution in [1.82, 2.24) is 0 Å². The fourth-order valence-electron chi connectivity index (χ4n) is 5.26. The van der Waals surface area contributed by atoms with Crippen molar-refractivity contribution in [2.24, 2.45) is 17.8 Å². The Balaban J connectivity index is 1.37. The lowest BCUT2D eigenvalue weighted by atomic mass is 9.90. The van der Waals surface area contributed by atoms with Crippen molar-refractivity contribution in [3.63, 3.8) is 0 Å². The van der Waals surface area contributed by atoms with Crippen LogP contribution in [0.15, 0.2) is 54.1 Å². The molecule has 0 bridgehead atoms. The van der Waals surface area contributed by atoms with E-state index in [9.17, 15) is 10.2 Å². The topological polar surface area (TPSA) is 52.5 Å². The highest BCUT2D eigenvalue weighted by Gasteiger charge is 2.44. The average molecular weight is 412 g/mol. The van der Waals surface area contributed by atoms with Gasteiger partial charge in [-0.3, -0.25) is 0 Å². The molecule has 30 heavy (non-hydrogen) atoms. The maximum Gasteiger partial charge on any atom is 0.0721 e. The Morgan fingerprint density at radius 2 is 1.93 bits per heavy atom. The van der Waals surface area contributed by atoms with E-state index in [-0.39, 0.29) is 18.1 Å². The number of unbranched alkanes of at least 4 members (excludes halogenated alkanes) is 4. The molecule has 2 aliphatic rings. The second-order valence-corrected chi connectivity index (χ2v) is 9.31. The van der Waals surface area contributed by atoms with E-state index < -0.39 is 0 Å².